The number of nitrogens with one attached hydrogen (secondary N) is 2. The molecule has 1 fully saturated rings. The number of carboxylic acid groups (broad SMARTS) is 1. The highest BCUT2D eigenvalue weighted by Crippen LogP contribution is 2.29. The lowest BCUT2D eigenvalue weighted by Gasteiger charge is -2.37. The predicted molar refractivity (Wildman–Crippen MR) is 117 cm³/mol. The van der Waals surface area contributed by atoms with Crippen LogP contribution in [0.1, 0.15) is 32.4 Å². The molecule has 146 valence electrons. The third-order valence-electron chi connectivity index (χ3n) is 4.26. The average molecular weight is 617 g/mol. The zero-order valence-corrected chi connectivity index (χ0v) is 19.6. The van der Waals surface area contributed by atoms with Crippen molar-refractivity contribution in [1.82, 2.24) is 20.3 Å². The smallest absolute Gasteiger partial charge is 0.347 e. The summed E-state index contributed by atoms with van der Waals surface area (Å²) < 4.78 is 7.15. The van der Waals surface area contributed by atoms with Gasteiger partial charge in [0.1, 0.15) is 12.3 Å². The normalized spacial score (nSPS) is 19.9. The first-order valence-electron chi connectivity index (χ1n) is 8.00. The molecule has 1 aliphatic rings. The number of imidazole rings is 1. The highest BCUT2D eigenvalue weighted by atomic mass is 127. The maximum Gasteiger partial charge on any atom is 0.347 e. The molecular weight excluding hydrogens is 600 g/mol. The van der Waals surface area contributed by atoms with Crippen LogP contribution in [0.5, 0.6) is 0 Å². The molecule has 0 aliphatic carbocycles. The Labute approximate surface area is 186 Å². The molecule has 12 heteroatoms. The van der Waals surface area contributed by atoms with Crippen molar-refractivity contribution in [3.63, 3.8) is 0 Å². The topological polar surface area (TPSA) is 120 Å². The number of aromatic amines is 1. The summed E-state index contributed by atoms with van der Waals surface area (Å²) in [6, 6.07) is -0.167. The number of hydrogen-bond acceptors (Lipinski definition) is 7. The number of thiazole rings is 1. The number of rotatable bonds is 5. The molecule has 1 saturated heterocycles. The van der Waals surface area contributed by atoms with Crippen LogP contribution in [0.3, 0.4) is 0 Å². The third kappa shape index (κ3) is 4.54. The number of carbonyl (C=O) groups is 2. The number of aromatic carboxylic acids is 1. The molecule has 2 aromatic rings. The van der Waals surface area contributed by atoms with Gasteiger partial charge in [-0.15, -0.1) is 0 Å². The molecule has 2 unspecified atom stereocenters. The van der Waals surface area contributed by atoms with Gasteiger partial charge >= 0.3 is 5.97 Å². The molecule has 0 radical (unpaired) electrons. The first-order valence-corrected chi connectivity index (χ1v) is 11.0. The third-order valence-corrected chi connectivity index (χ3v) is 8.06. The van der Waals surface area contributed by atoms with E-state index in [1.54, 1.807) is 14.0 Å². The molecular formula is C15H17I2N5O4S. The molecule has 0 bridgehead atoms. The van der Waals surface area contributed by atoms with E-state index in [4.69, 9.17) is 4.74 Å². The summed E-state index contributed by atoms with van der Waals surface area (Å²) in [6.45, 7) is 2.85. The Morgan fingerprint density at radius 3 is 2.70 bits per heavy atom. The van der Waals surface area contributed by atoms with Gasteiger partial charge < -0.3 is 25.0 Å². The van der Waals surface area contributed by atoms with Gasteiger partial charge in [-0.1, -0.05) is 11.3 Å². The van der Waals surface area contributed by atoms with Crippen molar-refractivity contribution in [1.29, 1.82) is 0 Å². The lowest BCUT2D eigenvalue weighted by atomic mass is 10.0. The lowest BCUT2D eigenvalue weighted by Crippen LogP contribution is -2.55. The van der Waals surface area contributed by atoms with Crippen LogP contribution in [0.4, 0.5) is 5.13 Å². The summed E-state index contributed by atoms with van der Waals surface area (Å²) in [4.78, 5) is 37.5. The summed E-state index contributed by atoms with van der Waals surface area (Å²) in [6.07, 6.45) is 0.411. The minimum Gasteiger partial charge on any atom is -0.477 e. The second kappa shape index (κ2) is 8.57. The monoisotopic (exact) mass is 617 g/mol. The SMILES string of the molecule is COC1CN(c2nc(C)c(C(=O)O)s2)CCC1NC(=O)c1nc(I)c(I)[nH]1. The Morgan fingerprint density at radius 1 is 1.41 bits per heavy atom. The molecule has 0 aromatic carbocycles. The maximum absolute atomic E-state index is 12.5. The number of amides is 1. The number of aryl methyl sites for hydroxylation is 1. The van der Waals surface area contributed by atoms with E-state index < -0.39 is 5.97 Å². The Morgan fingerprint density at radius 2 is 2.15 bits per heavy atom. The largest absolute Gasteiger partial charge is 0.477 e. The van der Waals surface area contributed by atoms with Gasteiger partial charge in [-0.05, 0) is 58.5 Å². The van der Waals surface area contributed by atoms with Crippen LogP contribution in [0.15, 0.2) is 0 Å². The molecule has 9 nitrogen and oxygen atoms in total. The summed E-state index contributed by atoms with van der Waals surface area (Å²) in [5.74, 6) is -0.957. The molecule has 0 saturated carbocycles. The van der Waals surface area contributed by atoms with E-state index in [1.165, 1.54) is 0 Å². The van der Waals surface area contributed by atoms with Crippen LogP contribution in [-0.2, 0) is 4.74 Å². The number of nitrogens with zero attached hydrogens (tertiary/aromatic N) is 3. The zero-order valence-electron chi connectivity index (χ0n) is 14.5. The second-order valence-electron chi connectivity index (χ2n) is 6.00. The number of anilines is 1. The summed E-state index contributed by atoms with van der Waals surface area (Å²) in [5, 5.41) is 12.9. The first kappa shape index (κ1) is 20.7. The Balaban J connectivity index is 1.68. The van der Waals surface area contributed by atoms with E-state index >= 15 is 0 Å². The van der Waals surface area contributed by atoms with E-state index in [0.29, 0.717) is 30.3 Å². The second-order valence-corrected chi connectivity index (χ2v) is 9.07. The highest BCUT2D eigenvalue weighted by molar-refractivity contribution is 14.1. The number of ether oxygens (including phenoxy) is 1. The van der Waals surface area contributed by atoms with Gasteiger partial charge in [0, 0.05) is 20.2 Å². The van der Waals surface area contributed by atoms with Crippen molar-refractivity contribution in [3.05, 3.63) is 23.8 Å². The van der Waals surface area contributed by atoms with E-state index in [0.717, 1.165) is 18.7 Å². The molecule has 27 heavy (non-hydrogen) atoms. The van der Waals surface area contributed by atoms with E-state index in [1.807, 2.05) is 4.90 Å². The van der Waals surface area contributed by atoms with Crippen LogP contribution >= 0.6 is 56.5 Å². The standard InChI is InChI=1S/C15H17I2N5O4S/c1-6-9(14(24)25)27-15(18-6)22-4-3-7(8(5-22)26-2)19-13(23)12-20-10(16)11(17)21-12/h7-8H,3-5H2,1-2H3,(H,19,23)(H,20,21)(H,24,25). The number of H-pyrrole nitrogens is 1. The van der Waals surface area contributed by atoms with Crippen LogP contribution in [-0.4, -0.2) is 64.3 Å². The van der Waals surface area contributed by atoms with Crippen LogP contribution in [0, 0.1) is 14.3 Å². The van der Waals surface area contributed by atoms with Crippen molar-refractivity contribution in [3.8, 4) is 0 Å². The fourth-order valence-electron chi connectivity index (χ4n) is 2.89. The number of methoxy groups -OCH3 is 1. The molecule has 1 aliphatic heterocycles. The molecule has 0 spiro atoms. The van der Waals surface area contributed by atoms with Crippen LogP contribution in [0.25, 0.3) is 0 Å². The number of hydrogen-bond donors (Lipinski definition) is 3. The van der Waals surface area contributed by atoms with E-state index in [-0.39, 0.29) is 28.8 Å². The van der Waals surface area contributed by atoms with Gasteiger partial charge in [0.2, 0.25) is 0 Å². The quantitative estimate of drug-likeness (QED) is 0.440. The van der Waals surface area contributed by atoms with Crippen molar-refractivity contribution in [2.45, 2.75) is 25.5 Å². The van der Waals surface area contributed by atoms with Crippen molar-refractivity contribution in [2.75, 3.05) is 25.1 Å². The number of aromatic nitrogens is 3. The van der Waals surface area contributed by atoms with Gasteiger partial charge in [-0.25, -0.2) is 14.8 Å². The van der Waals surface area contributed by atoms with Crippen LogP contribution < -0.4 is 10.2 Å². The molecule has 2 atom stereocenters. The van der Waals surface area contributed by atoms with Gasteiger partial charge in [0.05, 0.1) is 17.8 Å². The molecule has 3 rings (SSSR count). The maximum atomic E-state index is 12.5. The van der Waals surface area contributed by atoms with Crippen molar-refractivity contribution >= 4 is 73.5 Å². The van der Waals surface area contributed by atoms with Gasteiger partial charge in [-0.2, -0.15) is 0 Å². The summed E-state index contributed by atoms with van der Waals surface area (Å²) >= 11 is 5.32. The highest BCUT2D eigenvalue weighted by Gasteiger charge is 2.33. The predicted octanol–water partition coefficient (Wildman–Crippen LogP) is 2.11. The van der Waals surface area contributed by atoms with Gasteiger partial charge in [0.25, 0.3) is 5.91 Å². The number of carboxylic acids is 1. The van der Waals surface area contributed by atoms with Gasteiger partial charge in [0.15, 0.2) is 11.0 Å². The summed E-state index contributed by atoms with van der Waals surface area (Å²) in [5.41, 5.74) is 0.508. The fraction of sp³-hybridized carbons (Fsp3) is 0.467. The number of halogens is 2. The molecule has 3 N–H and O–H groups in total. The lowest BCUT2D eigenvalue weighted by molar-refractivity contribution is 0.0538. The Hall–Kier alpha value is -1.00. The van der Waals surface area contributed by atoms with Crippen molar-refractivity contribution in [2.24, 2.45) is 0 Å². The molecule has 1 amide bonds. The Bertz CT molecular complexity index is 851. The summed E-state index contributed by atoms with van der Waals surface area (Å²) in [7, 11) is 1.60. The number of piperidine rings is 1. The first-order chi connectivity index (χ1) is 12.8. The average Bonchev–Trinajstić information content (AvgIpc) is 3.18. The minimum absolute atomic E-state index is 0.167. The van der Waals surface area contributed by atoms with E-state index in [9.17, 15) is 14.7 Å². The zero-order chi connectivity index (χ0) is 19.7. The van der Waals surface area contributed by atoms with E-state index in [2.05, 4.69) is 65.5 Å². The van der Waals surface area contributed by atoms with Crippen molar-refractivity contribution < 1.29 is 19.4 Å². The molecule has 2 aromatic heterocycles. The van der Waals surface area contributed by atoms with Crippen LogP contribution in [0.2, 0.25) is 0 Å². The minimum atomic E-state index is -0.968. The fourth-order valence-corrected chi connectivity index (χ4v) is 4.58. The Kier molecular flexibility index (Phi) is 6.58. The number of carbonyl (C=O) groups excluding carboxylic acids is 1. The molecule has 3 heterocycles. The van der Waals surface area contributed by atoms with Gasteiger partial charge in [-0.3, -0.25) is 4.79 Å².